The van der Waals surface area contributed by atoms with E-state index in [0.717, 1.165) is 0 Å². The zero-order valence-corrected chi connectivity index (χ0v) is 11.8. The van der Waals surface area contributed by atoms with E-state index in [4.69, 9.17) is 10.5 Å². The third kappa shape index (κ3) is 4.88. The maximum Gasteiger partial charge on any atom is 0.340 e. The Morgan fingerprint density at radius 2 is 1.76 bits per heavy atom. The lowest BCUT2D eigenvalue weighted by Gasteiger charge is -2.21. The largest absolute Gasteiger partial charge is 0.450 e. The summed E-state index contributed by atoms with van der Waals surface area (Å²) in [4.78, 5) is 34.3. The van der Waals surface area contributed by atoms with Gasteiger partial charge in [0, 0.05) is 0 Å². The van der Waals surface area contributed by atoms with Crippen LogP contribution < -0.4 is 11.1 Å². The minimum Gasteiger partial charge on any atom is -0.450 e. The molecule has 0 aromatic heterocycles. The minimum atomic E-state index is -1.51. The smallest absolute Gasteiger partial charge is 0.340 e. The predicted octanol–water partition coefficient (Wildman–Crippen LogP) is 0.483. The predicted molar refractivity (Wildman–Crippen MR) is 73.8 cm³/mol. The minimum absolute atomic E-state index is 0.348. The van der Waals surface area contributed by atoms with Gasteiger partial charge in [0.1, 0.15) is 0 Å². The van der Waals surface area contributed by atoms with Gasteiger partial charge in [-0.1, -0.05) is 44.2 Å². The molecule has 21 heavy (non-hydrogen) atoms. The van der Waals surface area contributed by atoms with Crippen molar-refractivity contribution in [2.45, 2.75) is 26.1 Å². The number of hydrogen-bond acceptors (Lipinski definition) is 5. The van der Waals surface area contributed by atoms with Gasteiger partial charge in [-0.3, -0.25) is 10.1 Å². The van der Waals surface area contributed by atoms with Gasteiger partial charge in [0.25, 0.3) is 5.91 Å². The number of primary amides is 1. The summed E-state index contributed by atoms with van der Waals surface area (Å²) in [5.41, 5.74) is 5.20. The first-order valence-corrected chi connectivity index (χ1v) is 6.36. The molecule has 0 aliphatic carbocycles. The van der Waals surface area contributed by atoms with E-state index < -0.39 is 36.0 Å². The number of nitrogens with one attached hydrogen (secondary N) is 1. The van der Waals surface area contributed by atoms with Crippen LogP contribution in [0.25, 0.3) is 0 Å². The fourth-order valence-corrected chi connectivity index (χ4v) is 1.65. The average molecular weight is 294 g/mol. The number of rotatable bonds is 5. The molecule has 0 aliphatic heterocycles. The number of ether oxygens (including phenoxy) is 1. The molecule has 7 nitrogen and oxygen atoms in total. The summed E-state index contributed by atoms with van der Waals surface area (Å²) in [6.07, 6.45) is -2.72. The van der Waals surface area contributed by atoms with E-state index in [2.05, 4.69) is 0 Å². The topological polar surface area (TPSA) is 119 Å². The maximum absolute atomic E-state index is 11.9. The molecule has 0 aliphatic rings. The van der Waals surface area contributed by atoms with Crippen molar-refractivity contribution >= 4 is 17.9 Å². The van der Waals surface area contributed by atoms with Crippen LogP contribution in [0.2, 0.25) is 0 Å². The van der Waals surface area contributed by atoms with E-state index in [0.29, 0.717) is 5.56 Å². The molecule has 114 valence electrons. The molecule has 0 spiro atoms. The Kier molecular flexibility index (Phi) is 5.86. The summed E-state index contributed by atoms with van der Waals surface area (Å²) in [6.45, 7) is 3.26. The Morgan fingerprint density at radius 3 is 2.24 bits per heavy atom. The van der Waals surface area contributed by atoms with Gasteiger partial charge >= 0.3 is 12.0 Å². The van der Waals surface area contributed by atoms with E-state index in [1.807, 2.05) is 5.32 Å². The number of urea groups is 1. The van der Waals surface area contributed by atoms with E-state index in [-0.39, 0.29) is 0 Å². The summed E-state index contributed by atoms with van der Waals surface area (Å²) in [6, 6.07) is 7.13. The van der Waals surface area contributed by atoms with Crippen LogP contribution in [-0.4, -0.2) is 29.1 Å². The fraction of sp³-hybridized carbons (Fsp3) is 0.357. The Balaban J connectivity index is 2.77. The molecule has 0 fully saturated rings. The first-order chi connectivity index (χ1) is 9.82. The normalized spacial score (nSPS) is 13.3. The van der Waals surface area contributed by atoms with Crippen molar-refractivity contribution in [2.75, 3.05) is 0 Å². The summed E-state index contributed by atoms with van der Waals surface area (Å²) < 4.78 is 4.98. The van der Waals surface area contributed by atoms with Crippen molar-refractivity contribution in [1.29, 1.82) is 0 Å². The van der Waals surface area contributed by atoms with Gasteiger partial charge in [-0.15, -0.1) is 0 Å². The van der Waals surface area contributed by atoms with E-state index >= 15 is 0 Å². The zero-order chi connectivity index (χ0) is 16.0. The number of aliphatic hydroxyl groups excluding tert-OH is 1. The number of carbonyl (C=O) groups excluding carboxylic acids is 3. The van der Waals surface area contributed by atoms with Gasteiger partial charge in [0.05, 0.1) is 0 Å². The standard InChI is InChI=1S/C14H18N2O5/c1-8(2)11(12(18)16-14(15)20)21-13(19)10(17)9-6-4-3-5-7-9/h3-8,10-11,17H,1-2H3,(H3,15,16,18,20)/t10-,11+/m1/s1. The number of hydrogen-bond donors (Lipinski definition) is 3. The van der Waals surface area contributed by atoms with Crippen LogP contribution in [0.15, 0.2) is 30.3 Å². The first kappa shape index (κ1) is 16.6. The highest BCUT2D eigenvalue weighted by Gasteiger charge is 2.30. The number of esters is 1. The third-order valence-corrected chi connectivity index (χ3v) is 2.69. The monoisotopic (exact) mass is 294 g/mol. The molecule has 0 bridgehead atoms. The van der Waals surface area contributed by atoms with Crippen molar-refractivity contribution in [2.24, 2.45) is 11.7 Å². The summed E-state index contributed by atoms with van der Waals surface area (Å²) >= 11 is 0. The second kappa shape index (κ2) is 7.39. The SMILES string of the molecule is CC(C)[C@H](OC(=O)[C@H](O)c1ccccc1)C(=O)NC(N)=O. The summed E-state index contributed by atoms with van der Waals surface area (Å²) in [5.74, 6) is -2.19. The van der Waals surface area contributed by atoms with Gasteiger partial charge < -0.3 is 15.6 Å². The van der Waals surface area contributed by atoms with Crippen molar-refractivity contribution in [3.8, 4) is 0 Å². The number of imide groups is 1. The van der Waals surface area contributed by atoms with Crippen LogP contribution in [0.5, 0.6) is 0 Å². The van der Waals surface area contributed by atoms with Crippen LogP contribution in [0.1, 0.15) is 25.5 Å². The van der Waals surface area contributed by atoms with E-state index in [9.17, 15) is 19.5 Å². The van der Waals surface area contributed by atoms with Crippen molar-refractivity contribution in [3.63, 3.8) is 0 Å². The first-order valence-electron chi connectivity index (χ1n) is 6.36. The molecule has 1 aromatic rings. The van der Waals surface area contributed by atoms with Crippen LogP contribution in [0, 0.1) is 5.92 Å². The average Bonchev–Trinajstić information content (AvgIpc) is 2.43. The number of aliphatic hydroxyl groups is 1. The third-order valence-electron chi connectivity index (χ3n) is 2.69. The highest BCUT2D eigenvalue weighted by Crippen LogP contribution is 2.17. The second-order valence-corrected chi connectivity index (χ2v) is 4.77. The molecule has 7 heteroatoms. The van der Waals surface area contributed by atoms with Crippen molar-refractivity contribution < 1.29 is 24.2 Å². The maximum atomic E-state index is 11.9. The second-order valence-electron chi connectivity index (χ2n) is 4.77. The molecule has 1 aromatic carbocycles. The highest BCUT2D eigenvalue weighted by molar-refractivity contribution is 5.97. The zero-order valence-electron chi connectivity index (χ0n) is 11.8. The van der Waals surface area contributed by atoms with Crippen molar-refractivity contribution in [3.05, 3.63) is 35.9 Å². The molecular formula is C14H18N2O5. The van der Waals surface area contributed by atoms with Crippen LogP contribution in [0.3, 0.4) is 0 Å². The lowest BCUT2D eigenvalue weighted by Crippen LogP contribution is -2.46. The molecule has 0 radical (unpaired) electrons. The fourth-order valence-electron chi connectivity index (χ4n) is 1.65. The van der Waals surface area contributed by atoms with Crippen LogP contribution >= 0.6 is 0 Å². The number of amides is 3. The van der Waals surface area contributed by atoms with Crippen LogP contribution in [0.4, 0.5) is 4.79 Å². The Hall–Kier alpha value is -2.41. The lowest BCUT2D eigenvalue weighted by molar-refractivity contribution is -0.166. The van der Waals surface area contributed by atoms with E-state index in [1.54, 1.807) is 44.2 Å². The highest BCUT2D eigenvalue weighted by atomic mass is 16.6. The number of nitrogens with two attached hydrogens (primary N) is 1. The van der Waals surface area contributed by atoms with Gasteiger partial charge in [0.2, 0.25) is 0 Å². The number of benzene rings is 1. The van der Waals surface area contributed by atoms with Gasteiger partial charge in [-0.25, -0.2) is 9.59 Å². The molecule has 0 heterocycles. The molecule has 3 amide bonds. The quantitative estimate of drug-likeness (QED) is 0.683. The van der Waals surface area contributed by atoms with Crippen molar-refractivity contribution in [1.82, 2.24) is 5.32 Å². The van der Waals surface area contributed by atoms with Crippen LogP contribution in [-0.2, 0) is 14.3 Å². The van der Waals surface area contributed by atoms with Gasteiger partial charge in [-0.2, -0.15) is 0 Å². The summed E-state index contributed by atoms with van der Waals surface area (Å²) in [5, 5.41) is 11.7. The Bertz CT molecular complexity index is 515. The lowest BCUT2D eigenvalue weighted by atomic mass is 10.1. The number of carbonyl (C=O) groups is 3. The Morgan fingerprint density at radius 1 is 1.19 bits per heavy atom. The molecule has 4 N–H and O–H groups in total. The molecule has 1 rings (SSSR count). The molecule has 0 saturated heterocycles. The van der Waals surface area contributed by atoms with Gasteiger partial charge in [0.15, 0.2) is 12.2 Å². The molecule has 0 unspecified atom stereocenters. The van der Waals surface area contributed by atoms with Gasteiger partial charge in [-0.05, 0) is 11.5 Å². The molecule has 2 atom stereocenters. The molecular weight excluding hydrogens is 276 g/mol. The van der Waals surface area contributed by atoms with E-state index in [1.165, 1.54) is 0 Å². The molecule has 0 saturated carbocycles. The Labute approximate surface area is 122 Å². The summed E-state index contributed by atoms with van der Waals surface area (Å²) in [7, 11) is 0.